The van der Waals surface area contributed by atoms with E-state index >= 15 is 0 Å². The Kier molecular flexibility index (Phi) is 4.76. The molecule has 0 saturated carbocycles. The maximum atomic E-state index is 12.4. The van der Waals surface area contributed by atoms with Gasteiger partial charge in [-0.3, -0.25) is 9.20 Å². The lowest BCUT2D eigenvalue weighted by atomic mass is 10.1. The topological polar surface area (TPSA) is 59.3 Å². The number of halogens is 1. The van der Waals surface area contributed by atoms with Crippen LogP contribution in [0, 0.1) is 13.8 Å². The normalized spacial score (nSPS) is 11.2. The number of carbonyl (C=O) groups excluding carboxylic acids is 1. The molecule has 0 aliphatic rings. The molecule has 27 heavy (non-hydrogen) atoms. The molecule has 4 rings (SSSR count). The van der Waals surface area contributed by atoms with Crippen LogP contribution in [0.1, 0.15) is 11.1 Å². The number of carbonyl (C=O) groups is 1. The first kappa shape index (κ1) is 17.8. The van der Waals surface area contributed by atoms with Crippen molar-refractivity contribution in [3.05, 3.63) is 64.7 Å². The van der Waals surface area contributed by atoms with Gasteiger partial charge in [0.15, 0.2) is 10.8 Å². The number of anilines is 1. The van der Waals surface area contributed by atoms with E-state index in [9.17, 15) is 4.79 Å². The fraction of sp³-hybridized carbons (Fsp3) is 0.150. The van der Waals surface area contributed by atoms with Crippen LogP contribution in [0.25, 0.3) is 16.6 Å². The smallest absolute Gasteiger partial charge is 0.234 e. The van der Waals surface area contributed by atoms with E-state index in [0.29, 0.717) is 15.9 Å². The Balaban J connectivity index is 1.57. The lowest BCUT2D eigenvalue weighted by Gasteiger charge is -2.08. The molecule has 136 valence electrons. The number of hydrogen-bond donors (Lipinski definition) is 1. The molecule has 2 heterocycles. The van der Waals surface area contributed by atoms with Crippen LogP contribution in [0.4, 0.5) is 5.69 Å². The Labute approximate surface area is 165 Å². The van der Waals surface area contributed by atoms with Gasteiger partial charge in [0.25, 0.3) is 0 Å². The van der Waals surface area contributed by atoms with Crippen molar-refractivity contribution in [3.63, 3.8) is 0 Å². The summed E-state index contributed by atoms with van der Waals surface area (Å²) >= 11 is 7.53. The van der Waals surface area contributed by atoms with E-state index in [-0.39, 0.29) is 11.7 Å². The number of benzene rings is 2. The van der Waals surface area contributed by atoms with Crippen LogP contribution < -0.4 is 5.32 Å². The van der Waals surface area contributed by atoms with Gasteiger partial charge in [-0.15, -0.1) is 10.2 Å². The Bertz CT molecular complexity index is 1170. The Morgan fingerprint density at radius 1 is 1.15 bits per heavy atom. The van der Waals surface area contributed by atoms with Crippen LogP contribution in [0.2, 0.25) is 5.02 Å². The van der Waals surface area contributed by atoms with E-state index < -0.39 is 0 Å². The van der Waals surface area contributed by atoms with Crippen LogP contribution in [0.3, 0.4) is 0 Å². The average Bonchev–Trinajstić information content (AvgIpc) is 3.05. The highest BCUT2D eigenvalue weighted by Crippen LogP contribution is 2.26. The summed E-state index contributed by atoms with van der Waals surface area (Å²) in [5.74, 6) is 0.0756. The van der Waals surface area contributed by atoms with Gasteiger partial charge in [0.1, 0.15) is 0 Å². The van der Waals surface area contributed by atoms with E-state index in [1.807, 2.05) is 53.8 Å². The summed E-state index contributed by atoms with van der Waals surface area (Å²) in [6.45, 7) is 4.01. The molecule has 0 spiro atoms. The molecule has 5 nitrogen and oxygen atoms in total. The highest BCUT2D eigenvalue weighted by atomic mass is 35.5. The molecule has 0 atom stereocenters. The molecule has 0 aliphatic heterocycles. The minimum Gasteiger partial charge on any atom is -0.324 e. The summed E-state index contributed by atoms with van der Waals surface area (Å²) in [4.78, 5) is 12.4. The summed E-state index contributed by atoms with van der Waals surface area (Å²) < 4.78 is 1.99. The van der Waals surface area contributed by atoms with Crippen molar-refractivity contribution in [1.82, 2.24) is 14.6 Å². The van der Waals surface area contributed by atoms with Gasteiger partial charge in [-0.05, 0) is 49.2 Å². The summed E-state index contributed by atoms with van der Waals surface area (Å²) in [5, 5.41) is 13.7. The minimum atomic E-state index is -0.140. The third-order valence-corrected chi connectivity index (χ3v) is 5.55. The highest BCUT2D eigenvalue weighted by Gasteiger charge is 2.13. The van der Waals surface area contributed by atoms with Gasteiger partial charge in [-0.2, -0.15) is 0 Å². The van der Waals surface area contributed by atoms with Crippen molar-refractivity contribution in [3.8, 4) is 0 Å². The first-order valence-corrected chi connectivity index (χ1v) is 9.81. The zero-order valence-electron chi connectivity index (χ0n) is 14.9. The molecular formula is C20H17ClN4OS. The van der Waals surface area contributed by atoms with Crippen molar-refractivity contribution in [2.45, 2.75) is 19.0 Å². The first-order valence-electron chi connectivity index (χ1n) is 8.45. The Morgan fingerprint density at radius 3 is 2.78 bits per heavy atom. The summed E-state index contributed by atoms with van der Waals surface area (Å²) in [6.07, 6.45) is 0. The van der Waals surface area contributed by atoms with Crippen LogP contribution in [-0.4, -0.2) is 26.3 Å². The molecule has 1 amide bonds. The third kappa shape index (κ3) is 3.50. The van der Waals surface area contributed by atoms with Gasteiger partial charge >= 0.3 is 0 Å². The van der Waals surface area contributed by atoms with Gasteiger partial charge < -0.3 is 5.32 Å². The van der Waals surface area contributed by atoms with Gasteiger partial charge in [-0.1, -0.05) is 47.6 Å². The maximum Gasteiger partial charge on any atom is 0.234 e. The molecule has 7 heteroatoms. The van der Waals surface area contributed by atoms with E-state index in [4.69, 9.17) is 11.6 Å². The first-order chi connectivity index (χ1) is 13.0. The molecule has 0 unspecified atom stereocenters. The number of rotatable bonds is 4. The van der Waals surface area contributed by atoms with Gasteiger partial charge in [0.2, 0.25) is 5.91 Å². The number of nitrogens with one attached hydrogen (secondary N) is 1. The van der Waals surface area contributed by atoms with Gasteiger partial charge in [0, 0.05) is 5.39 Å². The van der Waals surface area contributed by atoms with Gasteiger partial charge in [0.05, 0.1) is 22.0 Å². The van der Waals surface area contributed by atoms with E-state index in [1.165, 1.54) is 11.8 Å². The summed E-state index contributed by atoms with van der Waals surface area (Å²) in [7, 11) is 0. The number of fused-ring (bicyclic) bond motifs is 3. The van der Waals surface area contributed by atoms with E-state index in [0.717, 1.165) is 27.7 Å². The minimum absolute atomic E-state index is 0.140. The second-order valence-electron chi connectivity index (χ2n) is 6.34. The molecule has 0 saturated heterocycles. The fourth-order valence-electron chi connectivity index (χ4n) is 3.01. The number of nitrogens with zero attached hydrogens (tertiary/aromatic N) is 3. The van der Waals surface area contributed by atoms with Crippen LogP contribution in [0.5, 0.6) is 0 Å². The largest absolute Gasteiger partial charge is 0.324 e. The zero-order chi connectivity index (χ0) is 19.0. The fourth-order valence-corrected chi connectivity index (χ4v) is 4.04. The molecular weight excluding hydrogens is 380 g/mol. The SMILES string of the molecule is Cc1ccc(NC(=O)CSc2nnc3cc(C)c4ccccc4n23)c(Cl)c1. The molecule has 4 aromatic rings. The predicted molar refractivity (Wildman–Crippen MR) is 111 cm³/mol. The molecule has 0 aliphatic carbocycles. The second-order valence-corrected chi connectivity index (χ2v) is 7.69. The van der Waals surface area contributed by atoms with E-state index in [1.54, 1.807) is 0 Å². The third-order valence-electron chi connectivity index (χ3n) is 4.30. The maximum absolute atomic E-state index is 12.4. The molecule has 2 aromatic carbocycles. The van der Waals surface area contributed by atoms with Crippen LogP contribution >= 0.6 is 23.4 Å². The monoisotopic (exact) mass is 396 g/mol. The molecule has 0 radical (unpaired) electrons. The molecule has 0 fully saturated rings. The molecule has 0 bridgehead atoms. The lowest BCUT2D eigenvalue weighted by Crippen LogP contribution is -2.14. The molecule has 2 aromatic heterocycles. The number of para-hydroxylation sites is 1. The number of aromatic nitrogens is 3. The van der Waals surface area contributed by atoms with Crippen molar-refractivity contribution in [1.29, 1.82) is 0 Å². The summed E-state index contributed by atoms with van der Waals surface area (Å²) in [6, 6.07) is 15.7. The molecule has 1 N–H and O–H groups in total. The predicted octanol–water partition coefficient (Wildman–Crippen LogP) is 4.88. The van der Waals surface area contributed by atoms with Crippen molar-refractivity contribution in [2.24, 2.45) is 0 Å². The van der Waals surface area contributed by atoms with Crippen molar-refractivity contribution in [2.75, 3.05) is 11.1 Å². The average molecular weight is 397 g/mol. The van der Waals surface area contributed by atoms with Crippen molar-refractivity contribution >= 4 is 51.5 Å². The number of hydrogen-bond acceptors (Lipinski definition) is 4. The van der Waals surface area contributed by atoms with E-state index in [2.05, 4.69) is 28.5 Å². The Morgan fingerprint density at radius 2 is 1.96 bits per heavy atom. The Hall–Kier alpha value is -2.57. The van der Waals surface area contributed by atoms with Crippen LogP contribution in [-0.2, 0) is 4.79 Å². The van der Waals surface area contributed by atoms with Gasteiger partial charge in [-0.25, -0.2) is 0 Å². The zero-order valence-corrected chi connectivity index (χ0v) is 16.4. The lowest BCUT2D eigenvalue weighted by molar-refractivity contribution is -0.113. The van der Waals surface area contributed by atoms with Crippen LogP contribution in [0.15, 0.2) is 53.7 Å². The highest BCUT2D eigenvalue weighted by molar-refractivity contribution is 7.99. The summed E-state index contributed by atoms with van der Waals surface area (Å²) in [5.41, 5.74) is 4.61. The standard InChI is InChI=1S/C20H17ClN4OS/c1-12-7-8-16(15(21)9-12)22-19(26)11-27-20-24-23-18-10-13(2)14-5-3-4-6-17(14)25(18)20/h3-10H,11H2,1-2H3,(H,22,26). The number of aryl methyl sites for hydroxylation is 2. The van der Waals surface area contributed by atoms with Crippen molar-refractivity contribution < 1.29 is 4.79 Å². The second kappa shape index (κ2) is 7.21. The number of pyridine rings is 1. The number of amides is 1. The number of thioether (sulfide) groups is 1. The quantitative estimate of drug-likeness (QED) is 0.499.